The van der Waals surface area contributed by atoms with Crippen molar-refractivity contribution < 1.29 is 4.79 Å². The molecule has 0 unspecified atom stereocenters. The highest BCUT2D eigenvalue weighted by Gasteiger charge is 2.61. The number of thiophene rings is 1. The van der Waals surface area contributed by atoms with Crippen molar-refractivity contribution in [2.45, 2.75) is 18.4 Å². The van der Waals surface area contributed by atoms with Crippen molar-refractivity contribution in [1.82, 2.24) is 4.90 Å². The second kappa shape index (κ2) is 6.28. The number of hydrogen-bond acceptors (Lipinski definition) is 3. The smallest absolute Gasteiger partial charge is 0.234 e. The fourth-order valence-corrected chi connectivity index (χ4v) is 4.92. The second-order valence-corrected chi connectivity index (χ2v) is 7.83. The summed E-state index contributed by atoms with van der Waals surface area (Å²) in [6.07, 6.45) is 0.864. The summed E-state index contributed by atoms with van der Waals surface area (Å²) < 4.78 is 0. The minimum absolute atomic E-state index is 0.193. The first-order valence-electron chi connectivity index (χ1n) is 8.63. The molecule has 2 N–H and O–H groups in total. The first-order chi connectivity index (χ1) is 12.2. The molecule has 2 atom stereocenters. The number of amides is 1. The van der Waals surface area contributed by atoms with E-state index in [0.717, 1.165) is 11.3 Å². The van der Waals surface area contributed by atoms with E-state index >= 15 is 0 Å². The van der Waals surface area contributed by atoms with Crippen molar-refractivity contribution in [2.75, 3.05) is 13.6 Å². The molecule has 3 nitrogen and oxygen atoms in total. The minimum atomic E-state index is -0.401. The third-order valence-corrected chi connectivity index (χ3v) is 6.41. The van der Waals surface area contributed by atoms with Gasteiger partial charge in [0.15, 0.2) is 0 Å². The van der Waals surface area contributed by atoms with E-state index in [9.17, 15) is 4.79 Å². The largest absolute Gasteiger partial charge is 0.341 e. The summed E-state index contributed by atoms with van der Waals surface area (Å²) in [6.45, 7) is 1.18. The van der Waals surface area contributed by atoms with Crippen LogP contribution in [-0.4, -0.2) is 24.4 Å². The zero-order valence-electron chi connectivity index (χ0n) is 14.3. The van der Waals surface area contributed by atoms with Gasteiger partial charge in [-0.25, -0.2) is 0 Å². The fourth-order valence-electron chi connectivity index (χ4n) is 3.91. The van der Waals surface area contributed by atoms with Crippen LogP contribution in [0.1, 0.15) is 16.9 Å². The number of likely N-dealkylation sites (N-methyl/N-ethyl adjacent to an activating group) is 1. The number of benzene rings is 2. The molecule has 2 aromatic carbocycles. The van der Waals surface area contributed by atoms with Crippen molar-refractivity contribution in [2.24, 2.45) is 11.7 Å². The van der Waals surface area contributed by atoms with Crippen molar-refractivity contribution in [3.8, 4) is 0 Å². The van der Waals surface area contributed by atoms with Crippen LogP contribution in [0.5, 0.6) is 0 Å². The normalized spacial score (nSPS) is 22.1. The molecule has 0 saturated heterocycles. The van der Waals surface area contributed by atoms with Crippen LogP contribution >= 0.6 is 11.3 Å². The minimum Gasteiger partial charge on any atom is -0.341 e. The molecule has 1 fully saturated rings. The Morgan fingerprint density at radius 2 is 2.00 bits per heavy atom. The van der Waals surface area contributed by atoms with Gasteiger partial charge in [0.1, 0.15) is 0 Å². The molecule has 0 aliphatic heterocycles. The number of nitrogens with two attached hydrogens (primary N) is 1. The Morgan fingerprint density at radius 3 is 2.72 bits per heavy atom. The Hall–Kier alpha value is -2.17. The van der Waals surface area contributed by atoms with Crippen molar-refractivity contribution >= 4 is 28.0 Å². The van der Waals surface area contributed by atoms with Crippen LogP contribution in [0.15, 0.2) is 60.0 Å². The maximum atomic E-state index is 13.3. The van der Waals surface area contributed by atoms with E-state index in [4.69, 9.17) is 5.73 Å². The van der Waals surface area contributed by atoms with E-state index in [1.807, 2.05) is 35.5 Å². The Labute approximate surface area is 152 Å². The predicted octanol–water partition coefficient (Wildman–Crippen LogP) is 3.78. The van der Waals surface area contributed by atoms with Gasteiger partial charge < -0.3 is 10.6 Å². The third-order valence-electron chi connectivity index (χ3n) is 5.37. The molecule has 1 aliphatic carbocycles. The highest BCUT2D eigenvalue weighted by molar-refractivity contribution is 7.10. The first kappa shape index (κ1) is 16.3. The number of carbonyl (C=O) groups is 1. The SMILES string of the molecule is CN(Cc1cccc2ccccc12)C(=O)[C@@]1(c2cccs2)C[C@H]1CN. The maximum absolute atomic E-state index is 13.3. The van der Waals surface area contributed by atoms with Crippen LogP contribution < -0.4 is 5.73 Å². The van der Waals surface area contributed by atoms with Crippen LogP contribution in [0.3, 0.4) is 0 Å². The fraction of sp³-hybridized carbons (Fsp3) is 0.286. The van der Waals surface area contributed by atoms with Crippen LogP contribution in [0.2, 0.25) is 0 Å². The summed E-state index contributed by atoms with van der Waals surface area (Å²) in [4.78, 5) is 16.3. The van der Waals surface area contributed by atoms with Gasteiger partial charge >= 0.3 is 0 Å². The number of nitrogens with zero attached hydrogens (tertiary/aromatic N) is 1. The Kier molecular flexibility index (Phi) is 4.10. The molecule has 1 heterocycles. The summed E-state index contributed by atoms with van der Waals surface area (Å²) in [5, 5.41) is 4.46. The van der Waals surface area contributed by atoms with Gasteiger partial charge in [-0.05, 0) is 46.7 Å². The van der Waals surface area contributed by atoms with Gasteiger partial charge in [-0.1, -0.05) is 48.5 Å². The molecule has 0 spiro atoms. The summed E-state index contributed by atoms with van der Waals surface area (Å²) in [7, 11) is 1.91. The molecule has 1 aliphatic rings. The topological polar surface area (TPSA) is 46.3 Å². The Balaban J connectivity index is 1.62. The molecular formula is C21H22N2OS. The van der Waals surface area contributed by atoms with Gasteiger partial charge in [0, 0.05) is 18.5 Å². The molecule has 1 aromatic heterocycles. The van der Waals surface area contributed by atoms with Crippen LogP contribution in [-0.2, 0) is 16.8 Å². The van der Waals surface area contributed by atoms with Crippen molar-refractivity contribution in [1.29, 1.82) is 0 Å². The Morgan fingerprint density at radius 1 is 1.20 bits per heavy atom. The molecule has 4 heteroatoms. The standard InChI is InChI=1S/C21H22N2OS/c1-23(14-16-8-4-7-15-6-2-3-9-18(15)16)20(24)21(12-17(21)13-22)19-10-5-11-25-19/h2-11,17H,12-14,22H2,1H3/t17-,21-/m0/s1. The van der Waals surface area contributed by atoms with Gasteiger partial charge in [0.25, 0.3) is 0 Å². The highest BCUT2D eigenvalue weighted by atomic mass is 32.1. The number of carbonyl (C=O) groups excluding carboxylic acids is 1. The van der Waals surface area contributed by atoms with E-state index in [-0.39, 0.29) is 11.8 Å². The monoisotopic (exact) mass is 350 g/mol. The van der Waals surface area contributed by atoms with Crippen molar-refractivity contribution in [3.63, 3.8) is 0 Å². The molecule has 128 valence electrons. The number of rotatable bonds is 5. The lowest BCUT2D eigenvalue weighted by molar-refractivity contribution is -0.133. The molecular weight excluding hydrogens is 328 g/mol. The average molecular weight is 350 g/mol. The van der Waals surface area contributed by atoms with Gasteiger partial charge in [0.2, 0.25) is 5.91 Å². The zero-order valence-corrected chi connectivity index (χ0v) is 15.1. The Bertz CT molecular complexity index is 900. The summed E-state index contributed by atoms with van der Waals surface area (Å²) >= 11 is 1.66. The van der Waals surface area contributed by atoms with Crippen molar-refractivity contribution in [3.05, 3.63) is 70.4 Å². The molecule has 25 heavy (non-hydrogen) atoms. The third kappa shape index (κ3) is 2.66. The second-order valence-electron chi connectivity index (χ2n) is 6.88. The predicted molar refractivity (Wildman–Crippen MR) is 104 cm³/mol. The van der Waals surface area contributed by atoms with Gasteiger partial charge in [0.05, 0.1) is 5.41 Å². The lowest BCUT2D eigenvalue weighted by Gasteiger charge is -2.24. The van der Waals surface area contributed by atoms with Crippen LogP contribution in [0.4, 0.5) is 0 Å². The van der Waals surface area contributed by atoms with Gasteiger partial charge in [-0.3, -0.25) is 4.79 Å². The summed E-state index contributed by atoms with van der Waals surface area (Å²) in [5.41, 5.74) is 6.69. The first-order valence-corrected chi connectivity index (χ1v) is 9.51. The van der Waals surface area contributed by atoms with Gasteiger partial charge in [-0.15, -0.1) is 11.3 Å². The zero-order chi connectivity index (χ0) is 17.4. The average Bonchev–Trinajstić information content (AvgIpc) is 3.13. The maximum Gasteiger partial charge on any atom is 0.234 e. The summed E-state index contributed by atoms with van der Waals surface area (Å²) in [5.74, 6) is 0.451. The number of fused-ring (bicyclic) bond motifs is 1. The molecule has 4 rings (SSSR count). The lowest BCUT2D eigenvalue weighted by atomic mass is 9.98. The number of hydrogen-bond donors (Lipinski definition) is 1. The van der Waals surface area contributed by atoms with E-state index in [0.29, 0.717) is 13.1 Å². The molecule has 1 saturated carbocycles. The van der Waals surface area contributed by atoms with E-state index in [1.54, 1.807) is 11.3 Å². The van der Waals surface area contributed by atoms with Crippen LogP contribution in [0.25, 0.3) is 10.8 Å². The molecule has 3 aromatic rings. The van der Waals surface area contributed by atoms with E-state index in [2.05, 4.69) is 36.4 Å². The van der Waals surface area contributed by atoms with Gasteiger partial charge in [-0.2, -0.15) is 0 Å². The van der Waals surface area contributed by atoms with E-state index in [1.165, 1.54) is 16.3 Å². The lowest BCUT2D eigenvalue weighted by Crippen LogP contribution is -2.38. The molecule has 0 radical (unpaired) electrons. The molecule has 1 amide bonds. The van der Waals surface area contributed by atoms with Crippen LogP contribution in [0, 0.1) is 5.92 Å². The quantitative estimate of drug-likeness (QED) is 0.761. The highest BCUT2D eigenvalue weighted by Crippen LogP contribution is 2.56. The van der Waals surface area contributed by atoms with E-state index < -0.39 is 5.41 Å². The molecule has 0 bridgehead atoms. The summed E-state index contributed by atoms with van der Waals surface area (Å²) in [6, 6.07) is 18.7.